The van der Waals surface area contributed by atoms with E-state index in [1.165, 1.54) is 0 Å². The zero-order chi connectivity index (χ0) is 11.3. The maximum absolute atomic E-state index is 11.7. The minimum absolute atomic E-state index is 0.0189. The largest absolute Gasteiger partial charge is 0.326 e. The van der Waals surface area contributed by atoms with Gasteiger partial charge in [0.05, 0.1) is 0 Å². The van der Waals surface area contributed by atoms with Crippen molar-refractivity contribution in [3.05, 3.63) is 29.8 Å². The summed E-state index contributed by atoms with van der Waals surface area (Å²) < 4.78 is 0. The van der Waals surface area contributed by atoms with Gasteiger partial charge in [0.2, 0.25) is 5.91 Å². The third-order valence-electron chi connectivity index (χ3n) is 2.36. The van der Waals surface area contributed by atoms with Crippen LogP contribution in [0.1, 0.15) is 12.5 Å². The fourth-order valence-electron chi connectivity index (χ4n) is 1.37. The molecule has 1 amide bonds. The van der Waals surface area contributed by atoms with Gasteiger partial charge in [0.15, 0.2) is 0 Å². The molecule has 0 aromatic heterocycles. The fourth-order valence-corrected chi connectivity index (χ4v) is 1.37. The van der Waals surface area contributed by atoms with Gasteiger partial charge in [0, 0.05) is 18.2 Å². The smallest absolute Gasteiger partial charge is 0.228 e. The first kappa shape index (κ1) is 11.7. The highest BCUT2D eigenvalue weighted by Gasteiger charge is 2.12. The highest BCUT2D eigenvalue weighted by Crippen LogP contribution is 2.13. The summed E-state index contributed by atoms with van der Waals surface area (Å²) in [7, 11) is 1.84. The average molecular weight is 206 g/mol. The number of amides is 1. The number of nitrogens with one attached hydrogen (secondary N) is 2. The molecule has 3 heteroatoms. The van der Waals surface area contributed by atoms with E-state index in [9.17, 15) is 4.79 Å². The summed E-state index contributed by atoms with van der Waals surface area (Å²) >= 11 is 0. The van der Waals surface area contributed by atoms with Crippen LogP contribution in [0.3, 0.4) is 0 Å². The molecule has 1 aromatic rings. The van der Waals surface area contributed by atoms with E-state index in [1.807, 2.05) is 45.2 Å². The summed E-state index contributed by atoms with van der Waals surface area (Å²) in [6.45, 7) is 4.58. The Kier molecular flexibility index (Phi) is 4.31. The van der Waals surface area contributed by atoms with Gasteiger partial charge < -0.3 is 10.6 Å². The van der Waals surface area contributed by atoms with Crippen molar-refractivity contribution in [2.75, 3.05) is 18.9 Å². The van der Waals surface area contributed by atoms with Gasteiger partial charge in [-0.1, -0.05) is 25.1 Å². The van der Waals surface area contributed by atoms with Gasteiger partial charge in [0.25, 0.3) is 0 Å². The second-order valence-corrected chi connectivity index (χ2v) is 3.76. The summed E-state index contributed by atoms with van der Waals surface area (Å²) in [5.74, 6) is 0.0354. The van der Waals surface area contributed by atoms with E-state index in [0.29, 0.717) is 6.54 Å². The van der Waals surface area contributed by atoms with Crippen LogP contribution in [0.15, 0.2) is 24.3 Å². The van der Waals surface area contributed by atoms with Crippen LogP contribution in [0.5, 0.6) is 0 Å². The lowest BCUT2D eigenvalue weighted by Gasteiger charge is -2.12. The van der Waals surface area contributed by atoms with Crippen LogP contribution in [-0.4, -0.2) is 19.5 Å². The molecule has 0 spiro atoms. The van der Waals surface area contributed by atoms with Crippen molar-refractivity contribution in [3.8, 4) is 0 Å². The first-order valence-corrected chi connectivity index (χ1v) is 5.16. The monoisotopic (exact) mass is 206 g/mol. The maximum Gasteiger partial charge on any atom is 0.228 e. The number of hydrogen-bond acceptors (Lipinski definition) is 2. The normalized spacial score (nSPS) is 12.2. The van der Waals surface area contributed by atoms with Crippen molar-refractivity contribution in [2.24, 2.45) is 5.92 Å². The number of para-hydroxylation sites is 1. The minimum atomic E-state index is -0.0189. The van der Waals surface area contributed by atoms with E-state index in [-0.39, 0.29) is 11.8 Å². The van der Waals surface area contributed by atoms with E-state index >= 15 is 0 Å². The molecule has 0 fully saturated rings. The topological polar surface area (TPSA) is 41.1 Å². The Morgan fingerprint density at radius 2 is 2.07 bits per heavy atom. The molecule has 0 aliphatic heterocycles. The van der Waals surface area contributed by atoms with Crippen molar-refractivity contribution in [3.63, 3.8) is 0 Å². The van der Waals surface area contributed by atoms with Crippen LogP contribution in [-0.2, 0) is 4.79 Å². The lowest BCUT2D eigenvalue weighted by atomic mass is 10.1. The quantitative estimate of drug-likeness (QED) is 0.788. The van der Waals surface area contributed by atoms with Gasteiger partial charge in [0.1, 0.15) is 0 Å². The predicted molar refractivity (Wildman–Crippen MR) is 62.9 cm³/mol. The van der Waals surface area contributed by atoms with E-state index in [1.54, 1.807) is 0 Å². The highest BCUT2D eigenvalue weighted by atomic mass is 16.1. The second-order valence-electron chi connectivity index (χ2n) is 3.76. The number of carbonyl (C=O) groups excluding carboxylic acids is 1. The molecular weight excluding hydrogens is 188 g/mol. The van der Waals surface area contributed by atoms with Gasteiger partial charge in [-0.25, -0.2) is 0 Å². The van der Waals surface area contributed by atoms with Crippen LogP contribution in [0, 0.1) is 12.8 Å². The van der Waals surface area contributed by atoms with Crippen LogP contribution in [0.4, 0.5) is 5.69 Å². The number of aryl methyl sites for hydroxylation is 1. The van der Waals surface area contributed by atoms with Gasteiger partial charge in [-0.05, 0) is 25.6 Å². The lowest BCUT2D eigenvalue weighted by molar-refractivity contribution is -0.119. The summed E-state index contributed by atoms with van der Waals surface area (Å²) in [5.41, 5.74) is 1.98. The van der Waals surface area contributed by atoms with E-state index < -0.39 is 0 Å². The molecular formula is C12H18N2O. The van der Waals surface area contributed by atoms with Crippen molar-refractivity contribution in [1.29, 1.82) is 0 Å². The molecule has 1 rings (SSSR count). The Bertz CT molecular complexity index is 336. The van der Waals surface area contributed by atoms with E-state index in [4.69, 9.17) is 0 Å². The van der Waals surface area contributed by atoms with Crippen LogP contribution < -0.4 is 10.6 Å². The molecule has 15 heavy (non-hydrogen) atoms. The van der Waals surface area contributed by atoms with E-state index in [2.05, 4.69) is 10.6 Å². The summed E-state index contributed by atoms with van der Waals surface area (Å²) in [5, 5.41) is 5.90. The average Bonchev–Trinajstić information content (AvgIpc) is 2.21. The Hall–Kier alpha value is -1.35. The van der Waals surface area contributed by atoms with Gasteiger partial charge in [-0.2, -0.15) is 0 Å². The Morgan fingerprint density at radius 1 is 1.40 bits per heavy atom. The molecule has 0 heterocycles. The molecule has 0 aliphatic rings. The zero-order valence-corrected chi connectivity index (χ0v) is 9.50. The zero-order valence-electron chi connectivity index (χ0n) is 9.50. The molecule has 0 saturated heterocycles. The van der Waals surface area contributed by atoms with Crippen molar-refractivity contribution in [2.45, 2.75) is 13.8 Å². The van der Waals surface area contributed by atoms with E-state index in [0.717, 1.165) is 11.3 Å². The van der Waals surface area contributed by atoms with Crippen molar-refractivity contribution < 1.29 is 4.79 Å². The second kappa shape index (κ2) is 5.51. The van der Waals surface area contributed by atoms with Crippen LogP contribution >= 0.6 is 0 Å². The third-order valence-corrected chi connectivity index (χ3v) is 2.36. The first-order chi connectivity index (χ1) is 7.15. The van der Waals surface area contributed by atoms with Gasteiger partial charge >= 0.3 is 0 Å². The van der Waals surface area contributed by atoms with Gasteiger partial charge in [-0.3, -0.25) is 4.79 Å². The molecule has 3 nitrogen and oxygen atoms in total. The summed E-state index contributed by atoms with van der Waals surface area (Å²) in [6, 6.07) is 7.78. The highest BCUT2D eigenvalue weighted by molar-refractivity contribution is 5.93. The molecule has 2 N–H and O–H groups in total. The molecule has 1 atom stereocenters. The summed E-state index contributed by atoms with van der Waals surface area (Å²) in [6.07, 6.45) is 0. The fraction of sp³-hybridized carbons (Fsp3) is 0.417. The standard InChI is InChI=1S/C12H18N2O/c1-9-6-4-5-7-11(9)14-12(15)10(2)8-13-3/h4-7,10,13H,8H2,1-3H3,(H,14,15). The Labute approximate surface area is 90.9 Å². The molecule has 0 radical (unpaired) electrons. The Morgan fingerprint density at radius 3 is 2.67 bits per heavy atom. The Balaban J connectivity index is 2.62. The third kappa shape index (κ3) is 3.36. The van der Waals surface area contributed by atoms with Crippen LogP contribution in [0.2, 0.25) is 0 Å². The van der Waals surface area contributed by atoms with Crippen molar-refractivity contribution in [1.82, 2.24) is 5.32 Å². The lowest BCUT2D eigenvalue weighted by Crippen LogP contribution is -2.28. The van der Waals surface area contributed by atoms with Crippen LogP contribution in [0.25, 0.3) is 0 Å². The number of rotatable bonds is 4. The molecule has 1 aromatic carbocycles. The molecule has 0 bridgehead atoms. The molecule has 0 saturated carbocycles. The van der Waals surface area contributed by atoms with Gasteiger partial charge in [-0.15, -0.1) is 0 Å². The molecule has 1 unspecified atom stereocenters. The number of carbonyl (C=O) groups is 1. The maximum atomic E-state index is 11.7. The minimum Gasteiger partial charge on any atom is -0.326 e. The summed E-state index contributed by atoms with van der Waals surface area (Å²) in [4.78, 5) is 11.7. The molecule has 0 aliphatic carbocycles. The first-order valence-electron chi connectivity index (χ1n) is 5.16. The molecule has 82 valence electrons. The van der Waals surface area contributed by atoms with Crippen molar-refractivity contribution >= 4 is 11.6 Å². The number of anilines is 1. The predicted octanol–water partition coefficient (Wildman–Crippen LogP) is 1.79. The SMILES string of the molecule is CNCC(C)C(=O)Nc1ccccc1C. The number of hydrogen-bond donors (Lipinski definition) is 2. The number of benzene rings is 1.